The molecule has 196 valence electrons. The van der Waals surface area contributed by atoms with Gasteiger partial charge in [0, 0.05) is 10.8 Å². The lowest BCUT2D eigenvalue weighted by Crippen LogP contribution is -2.15. The minimum atomic E-state index is -0.451. The van der Waals surface area contributed by atoms with Crippen LogP contribution in [0.5, 0.6) is 5.75 Å². The highest BCUT2D eigenvalue weighted by atomic mass is 16.5. The first-order valence-corrected chi connectivity index (χ1v) is 13.2. The number of hydrogen-bond donors (Lipinski definition) is 0. The summed E-state index contributed by atoms with van der Waals surface area (Å²) in [7, 11) is 0. The average Bonchev–Trinajstić information content (AvgIpc) is 2.94. The highest BCUT2D eigenvalue weighted by Crippen LogP contribution is 2.38. The lowest BCUT2D eigenvalue weighted by molar-refractivity contribution is 0.0472. The van der Waals surface area contributed by atoms with Gasteiger partial charge in [0.1, 0.15) is 12.4 Å². The number of nitrogens with zero attached hydrogens (tertiary/aromatic N) is 1. The van der Waals surface area contributed by atoms with Gasteiger partial charge >= 0.3 is 11.9 Å². The van der Waals surface area contributed by atoms with E-state index in [1.165, 1.54) is 0 Å². The number of ether oxygens (including phenoxy) is 2. The number of para-hydroxylation sites is 2. The van der Waals surface area contributed by atoms with Crippen molar-refractivity contribution in [2.24, 2.45) is 0 Å². The minimum Gasteiger partial charge on any atom is -0.457 e. The van der Waals surface area contributed by atoms with Gasteiger partial charge in [0.05, 0.1) is 22.2 Å². The molecule has 0 radical (unpaired) electrons. The molecule has 0 fully saturated rings. The van der Waals surface area contributed by atoms with Crippen molar-refractivity contribution in [3.05, 3.63) is 119 Å². The minimum absolute atomic E-state index is 0.00176. The van der Waals surface area contributed by atoms with E-state index in [1.807, 2.05) is 107 Å². The topological polar surface area (TPSA) is 65.5 Å². The maximum absolute atomic E-state index is 13.9. The number of fused-ring (bicyclic) bond motifs is 2. The molecule has 0 atom stereocenters. The predicted octanol–water partition coefficient (Wildman–Crippen LogP) is 8.21. The first-order valence-electron chi connectivity index (χ1n) is 13.2. The quantitative estimate of drug-likeness (QED) is 0.124. The Kier molecular flexibility index (Phi) is 7.42. The number of esters is 2. The fraction of sp³-hybridized carbons (Fsp3) is 0.206. The van der Waals surface area contributed by atoms with Crippen LogP contribution in [-0.2, 0) is 11.3 Å². The molecule has 39 heavy (non-hydrogen) atoms. The Morgan fingerprint density at radius 3 is 1.74 bits per heavy atom. The molecule has 1 heterocycles. The summed E-state index contributed by atoms with van der Waals surface area (Å²) in [5, 5.41) is 1.47. The maximum atomic E-state index is 13.9. The molecule has 0 aliphatic carbocycles. The van der Waals surface area contributed by atoms with E-state index in [-0.39, 0.29) is 18.4 Å². The van der Waals surface area contributed by atoms with Crippen molar-refractivity contribution in [2.45, 2.75) is 46.1 Å². The Bertz CT molecular complexity index is 1590. The number of rotatable bonds is 7. The number of carbonyl (C=O) groups is 2. The molecule has 0 saturated carbocycles. The van der Waals surface area contributed by atoms with Crippen molar-refractivity contribution in [2.75, 3.05) is 0 Å². The van der Waals surface area contributed by atoms with E-state index in [2.05, 4.69) is 0 Å². The fourth-order valence-electron chi connectivity index (χ4n) is 4.78. The monoisotopic (exact) mass is 517 g/mol. The lowest BCUT2D eigenvalue weighted by atomic mass is 9.91. The van der Waals surface area contributed by atoms with Crippen LogP contribution in [0.15, 0.2) is 91.0 Å². The van der Waals surface area contributed by atoms with Crippen LogP contribution in [0.1, 0.15) is 76.9 Å². The van der Waals surface area contributed by atoms with Gasteiger partial charge in [-0.3, -0.25) is 0 Å². The second-order valence-corrected chi connectivity index (χ2v) is 10.3. The summed E-state index contributed by atoms with van der Waals surface area (Å²) in [5.74, 6) is -0.370. The van der Waals surface area contributed by atoms with Crippen LogP contribution in [0.25, 0.3) is 21.8 Å². The van der Waals surface area contributed by atoms with Crippen molar-refractivity contribution >= 4 is 33.7 Å². The van der Waals surface area contributed by atoms with Crippen LogP contribution in [0.2, 0.25) is 0 Å². The van der Waals surface area contributed by atoms with Gasteiger partial charge in [-0.05, 0) is 52.8 Å². The molecule has 1 aromatic heterocycles. The van der Waals surface area contributed by atoms with Crippen LogP contribution in [0, 0.1) is 0 Å². The van der Waals surface area contributed by atoms with Gasteiger partial charge in [-0.15, -0.1) is 0 Å². The molecule has 0 aliphatic heterocycles. The molecule has 0 N–H and O–H groups in total. The fourth-order valence-corrected chi connectivity index (χ4v) is 4.78. The molecule has 0 spiro atoms. The molecule has 5 heteroatoms. The van der Waals surface area contributed by atoms with Gasteiger partial charge in [-0.2, -0.15) is 0 Å². The van der Waals surface area contributed by atoms with E-state index in [0.29, 0.717) is 16.9 Å². The van der Waals surface area contributed by atoms with Crippen molar-refractivity contribution < 1.29 is 19.1 Å². The Labute approximate surface area is 228 Å². The second kappa shape index (κ2) is 11.1. The number of hydrogen-bond acceptors (Lipinski definition) is 5. The van der Waals surface area contributed by atoms with Gasteiger partial charge in [-0.1, -0.05) is 94.4 Å². The van der Waals surface area contributed by atoms with Gasteiger partial charge in [-0.25, -0.2) is 14.6 Å². The van der Waals surface area contributed by atoms with Crippen molar-refractivity contribution in [1.29, 1.82) is 0 Å². The summed E-state index contributed by atoms with van der Waals surface area (Å²) in [6.45, 7) is 8.27. The van der Waals surface area contributed by atoms with Crippen molar-refractivity contribution in [3.8, 4) is 5.75 Å². The summed E-state index contributed by atoms with van der Waals surface area (Å²) in [6, 6.07) is 28.3. The first-order chi connectivity index (χ1) is 18.8. The predicted molar refractivity (Wildman–Crippen MR) is 154 cm³/mol. The lowest BCUT2D eigenvalue weighted by Gasteiger charge is -2.21. The van der Waals surface area contributed by atoms with Crippen LogP contribution in [-0.4, -0.2) is 16.9 Å². The Balaban J connectivity index is 1.56. The number of aromatic nitrogens is 1. The van der Waals surface area contributed by atoms with Gasteiger partial charge in [0.15, 0.2) is 0 Å². The molecule has 0 bridgehead atoms. The van der Waals surface area contributed by atoms with Crippen molar-refractivity contribution in [3.63, 3.8) is 0 Å². The van der Waals surface area contributed by atoms with Crippen LogP contribution < -0.4 is 4.74 Å². The Hall–Kier alpha value is -4.51. The molecular formula is C34H31NO4. The Morgan fingerprint density at radius 2 is 1.21 bits per heavy atom. The molecule has 0 aliphatic rings. The second-order valence-electron chi connectivity index (χ2n) is 10.3. The average molecular weight is 518 g/mol. The molecule has 5 rings (SSSR count). The highest BCUT2D eigenvalue weighted by Gasteiger charge is 2.25. The molecule has 5 aromatic rings. The number of carbonyl (C=O) groups excluding carboxylic acids is 2. The third-order valence-electron chi connectivity index (χ3n) is 6.83. The Morgan fingerprint density at radius 1 is 0.692 bits per heavy atom. The normalized spacial score (nSPS) is 11.3. The molecule has 0 saturated heterocycles. The van der Waals surface area contributed by atoms with Gasteiger partial charge < -0.3 is 9.47 Å². The standard InChI is InChI=1S/C34H31NO4/c1-21(2)27-18-24(33(36)38-20-23-12-6-5-7-13-23)19-28(22(3)4)32(27)39-34(37)31-25-14-8-10-16-29(25)35-30-17-11-9-15-26(30)31/h5-19,21-22H,20H2,1-4H3. The summed E-state index contributed by atoms with van der Waals surface area (Å²) in [6.07, 6.45) is 0. The zero-order valence-electron chi connectivity index (χ0n) is 22.6. The number of benzene rings is 4. The zero-order chi connectivity index (χ0) is 27.5. The largest absolute Gasteiger partial charge is 0.457 e. The molecule has 4 aromatic carbocycles. The van der Waals surface area contributed by atoms with Crippen molar-refractivity contribution in [1.82, 2.24) is 4.98 Å². The third-order valence-corrected chi connectivity index (χ3v) is 6.83. The van der Waals surface area contributed by atoms with Crippen LogP contribution >= 0.6 is 0 Å². The third kappa shape index (κ3) is 5.39. The van der Waals surface area contributed by atoms with Gasteiger partial charge in [0.2, 0.25) is 0 Å². The number of pyridine rings is 1. The maximum Gasteiger partial charge on any atom is 0.344 e. The van der Waals surface area contributed by atoms with E-state index in [1.54, 1.807) is 12.1 Å². The van der Waals surface area contributed by atoms with Crippen LogP contribution in [0.4, 0.5) is 0 Å². The van der Waals surface area contributed by atoms with E-state index >= 15 is 0 Å². The van der Waals surface area contributed by atoms with E-state index in [4.69, 9.17) is 14.5 Å². The summed E-state index contributed by atoms with van der Waals surface area (Å²) in [5.41, 5.74) is 4.86. The SMILES string of the molecule is CC(C)c1cc(C(=O)OCc2ccccc2)cc(C(C)C)c1OC(=O)c1c2ccccc2nc2ccccc12. The molecule has 0 unspecified atom stereocenters. The summed E-state index contributed by atoms with van der Waals surface area (Å²) >= 11 is 0. The van der Waals surface area contributed by atoms with Crippen LogP contribution in [0.3, 0.4) is 0 Å². The summed E-state index contributed by atoms with van der Waals surface area (Å²) in [4.78, 5) is 31.7. The zero-order valence-corrected chi connectivity index (χ0v) is 22.6. The molecule has 0 amide bonds. The van der Waals surface area contributed by atoms with E-state index in [9.17, 15) is 9.59 Å². The summed E-state index contributed by atoms with van der Waals surface area (Å²) < 4.78 is 11.9. The molecule has 5 nitrogen and oxygen atoms in total. The highest BCUT2D eigenvalue weighted by molar-refractivity contribution is 6.15. The smallest absolute Gasteiger partial charge is 0.344 e. The molecular weight excluding hydrogens is 486 g/mol. The first kappa shape index (κ1) is 26.1. The van der Waals surface area contributed by atoms with E-state index in [0.717, 1.165) is 38.5 Å². The van der Waals surface area contributed by atoms with Gasteiger partial charge in [0.25, 0.3) is 0 Å². The van der Waals surface area contributed by atoms with E-state index < -0.39 is 11.9 Å².